The first-order valence-corrected chi connectivity index (χ1v) is 11.6. The molecule has 152 valence electrons. The molecule has 28 heavy (non-hydrogen) atoms. The van der Waals surface area contributed by atoms with Gasteiger partial charge in [0.1, 0.15) is 5.82 Å². The lowest BCUT2D eigenvalue weighted by atomic mass is 9.45. The topological polar surface area (TPSA) is 20.2 Å². The maximum Gasteiger partial charge on any atom is 0.130 e. The standard InChI is InChI=1S/C26H35FO/c1-25-13-6-5-8-19(25)10-11-20-21(25)12-14-26(2)22(20)16-18(24(26)28)15-17-7-3-4-9-23(17)27/h3-4,7,9,15,19-22,24,28H,5-6,8,10-14,16H2,1-2H3/b18-15-/t19-,20+,21-,22-,24+,25+,26+/m1/s1. The molecule has 0 aromatic heterocycles. The van der Waals surface area contributed by atoms with Gasteiger partial charge in [-0.25, -0.2) is 4.39 Å². The van der Waals surface area contributed by atoms with Gasteiger partial charge in [0, 0.05) is 11.0 Å². The first kappa shape index (κ1) is 18.9. The Balaban J connectivity index is 1.47. The van der Waals surface area contributed by atoms with E-state index in [0.29, 0.717) is 16.9 Å². The molecule has 1 N–H and O–H groups in total. The molecule has 0 radical (unpaired) electrons. The van der Waals surface area contributed by atoms with Gasteiger partial charge in [-0.1, -0.05) is 51.0 Å². The largest absolute Gasteiger partial charge is 0.388 e. The summed E-state index contributed by atoms with van der Waals surface area (Å²) in [5, 5.41) is 11.3. The summed E-state index contributed by atoms with van der Waals surface area (Å²) in [4.78, 5) is 0. The number of aliphatic hydroxyl groups excluding tert-OH is 1. The highest BCUT2D eigenvalue weighted by atomic mass is 19.1. The van der Waals surface area contributed by atoms with Crippen LogP contribution in [0.4, 0.5) is 4.39 Å². The summed E-state index contributed by atoms with van der Waals surface area (Å²) in [6.07, 6.45) is 13.3. The summed E-state index contributed by atoms with van der Waals surface area (Å²) >= 11 is 0. The molecule has 0 aliphatic heterocycles. The molecule has 0 unspecified atom stereocenters. The van der Waals surface area contributed by atoms with Gasteiger partial charge >= 0.3 is 0 Å². The maximum absolute atomic E-state index is 14.2. The lowest BCUT2D eigenvalue weighted by molar-refractivity contribution is -0.119. The van der Waals surface area contributed by atoms with Crippen LogP contribution in [0.15, 0.2) is 29.8 Å². The Morgan fingerprint density at radius 3 is 2.61 bits per heavy atom. The van der Waals surface area contributed by atoms with Crippen molar-refractivity contribution in [2.45, 2.75) is 77.7 Å². The predicted molar refractivity (Wildman–Crippen MR) is 112 cm³/mol. The summed E-state index contributed by atoms with van der Waals surface area (Å²) in [7, 11) is 0. The molecule has 0 spiro atoms. The zero-order valence-electron chi connectivity index (χ0n) is 17.5. The zero-order valence-corrected chi connectivity index (χ0v) is 17.5. The highest BCUT2D eigenvalue weighted by molar-refractivity contribution is 5.56. The van der Waals surface area contributed by atoms with E-state index in [1.807, 2.05) is 18.2 Å². The van der Waals surface area contributed by atoms with E-state index in [1.165, 1.54) is 51.0 Å². The van der Waals surface area contributed by atoms with Crippen molar-refractivity contribution in [2.24, 2.45) is 34.5 Å². The first-order chi connectivity index (χ1) is 13.4. The van der Waals surface area contributed by atoms with Crippen molar-refractivity contribution in [1.82, 2.24) is 0 Å². The van der Waals surface area contributed by atoms with Crippen LogP contribution in [0, 0.1) is 40.3 Å². The van der Waals surface area contributed by atoms with Gasteiger partial charge < -0.3 is 5.11 Å². The van der Waals surface area contributed by atoms with Crippen molar-refractivity contribution >= 4 is 6.08 Å². The van der Waals surface area contributed by atoms with Crippen LogP contribution in [0.25, 0.3) is 6.08 Å². The number of hydrogen-bond donors (Lipinski definition) is 1. The molecule has 2 heteroatoms. The van der Waals surface area contributed by atoms with Crippen molar-refractivity contribution in [1.29, 1.82) is 0 Å². The molecular weight excluding hydrogens is 347 g/mol. The number of benzene rings is 1. The first-order valence-electron chi connectivity index (χ1n) is 11.6. The Morgan fingerprint density at radius 1 is 0.964 bits per heavy atom. The third kappa shape index (κ3) is 2.66. The summed E-state index contributed by atoms with van der Waals surface area (Å²) < 4.78 is 14.2. The minimum absolute atomic E-state index is 0.0316. The number of halogens is 1. The van der Waals surface area contributed by atoms with Crippen LogP contribution in [-0.4, -0.2) is 11.2 Å². The average molecular weight is 383 g/mol. The normalized spacial score (nSPS) is 46.7. The van der Waals surface area contributed by atoms with Crippen molar-refractivity contribution in [3.63, 3.8) is 0 Å². The van der Waals surface area contributed by atoms with E-state index < -0.39 is 6.10 Å². The Hall–Kier alpha value is -1.15. The van der Waals surface area contributed by atoms with Crippen molar-refractivity contribution in [3.8, 4) is 0 Å². The fraction of sp³-hybridized carbons (Fsp3) is 0.692. The van der Waals surface area contributed by atoms with Gasteiger partial charge in [0.15, 0.2) is 0 Å². The quantitative estimate of drug-likeness (QED) is 0.579. The molecule has 0 saturated heterocycles. The fourth-order valence-electron chi connectivity index (χ4n) is 8.09. The SMILES string of the molecule is C[C@]12CCCC[C@@H]1CC[C@H]1[C@H]2CC[C@@]2(C)[C@@H]1C/C(=C/c1ccccc1F)[C@@H]2O. The smallest absolute Gasteiger partial charge is 0.130 e. The molecule has 1 nitrogen and oxygen atoms in total. The molecule has 4 fully saturated rings. The van der Waals surface area contributed by atoms with Crippen molar-refractivity contribution in [2.75, 3.05) is 0 Å². The van der Waals surface area contributed by atoms with Gasteiger partial charge in [-0.15, -0.1) is 0 Å². The van der Waals surface area contributed by atoms with E-state index >= 15 is 0 Å². The Morgan fingerprint density at radius 2 is 1.79 bits per heavy atom. The minimum atomic E-state index is -0.421. The van der Waals surface area contributed by atoms with E-state index in [1.54, 1.807) is 6.07 Å². The molecule has 5 rings (SSSR count). The molecule has 0 bridgehead atoms. The van der Waals surface area contributed by atoms with Crippen LogP contribution >= 0.6 is 0 Å². The van der Waals surface area contributed by atoms with E-state index in [2.05, 4.69) is 13.8 Å². The summed E-state index contributed by atoms with van der Waals surface area (Å²) in [6, 6.07) is 6.96. The maximum atomic E-state index is 14.2. The molecule has 4 aliphatic carbocycles. The summed E-state index contributed by atoms with van der Waals surface area (Å²) in [5.74, 6) is 2.85. The highest BCUT2D eigenvalue weighted by Crippen LogP contribution is 2.67. The van der Waals surface area contributed by atoms with E-state index in [4.69, 9.17) is 0 Å². The van der Waals surface area contributed by atoms with Crippen LogP contribution in [0.5, 0.6) is 0 Å². The van der Waals surface area contributed by atoms with Crippen LogP contribution in [0.2, 0.25) is 0 Å². The fourth-order valence-corrected chi connectivity index (χ4v) is 8.09. The molecule has 4 saturated carbocycles. The van der Waals surface area contributed by atoms with Gasteiger partial charge in [0.05, 0.1) is 6.10 Å². The molecule has 4 aliphatic rings. The molecular formula is C26H35FO. The monoisotopic (exact) mass is 382 g/mol. The predicted octanol–water partition coefficient (Wildman–Crippen LogP) is 6.61. The summed E-state index contributed by atoms with van der Waals surface area (Å²) in [5.41, 5.74) is 2.18. The van der Waals surface area contributed by atoms with Crippen LogP contribution in [-0.2, 0) is 0 Å². The summed E-state index contributed by atoms with van der Waals surface area (Å²) in [6.45, 7) is 4.91. The minimum Gasteiger partial charge on any atom is -0.388 e. The average Bonchev–Trinajstić information content (AvgIpc) is 2.94. The molecule has 0 heterocycles. The van der Waals surface area contributed by atoms with Crippen LogP contribution < -0.4 is 0 Å². The van der Waals surface area contributed by atoms with Gasteiger partial charge in [0.25, 0.3) is 0 Å². The number of hydrogen-bond acceptors (Lipinski definition) is 1. The zero-order chi connectivity index (χ0) is 19.5. The third-order valence-corrected chi connectivity index (χ3v) is 9.70. The van der Waals surface area contributed by atoms with Crippen LogP contribution in [0.3, 0.4) is 0 Å². The van der Waals surface area contributed by atoms with Gasteiger partial charge in [-0.05, 0) is 85.7 Å². The van der Waals surface area contributed by atoms with Gasteiger partial charge in [-0.2, -0.15) is 0 Å². The third-order valence-electron chi connectivity index (χ3n) is 9.70. The highest BCUT2D eigenvalue weighted by Gasteiger charge is 2.60. The second kappa shape index (κ2) is 6.69. The lowest BCUT2D eigenvalue weighted by Gasteiger charge is -2.60. The number of aliphatic hydroxyl groups is 1. The Labute approximate surface area is 169 Å². The van der Waals surface area contributed by atoms with Gasteiger partial charge in [0.2, 0.25) is 0 Å². The molecule has 0 amide bonds. The van der Waals surface area contributed by atoms with E-state index in [-0.39, 0.29) is 11.2 Å². The number of rotatable bonds is 1. The Bertz CT molecular complexity index is 784. The van der Waals surface area contributed by atoms with Crippen molar-refractivity contribution < 1.29 is 9.50 Å². The van der Waals surface area contributed by atoms with E-state index in [9.17, 15) is 9.50 Å². The lowest BCUT2D eigenvalue weighted by Crippen LogP contribution is -2.53. The van der Waals surface area contributed by atoms with Crippen LogP contribution in [0.1, 0.15) is 77.2 Å². The van der Waals surface area contributed by atoms with Crippen molar-refractivity contribution in [3.05, 3.63) is 41.2 Å². The molecule has 1 aromatic carbocycles. The van der Waals surface area contributed by atoms with Gasteiger partial charge in [-0.3, -0.25) is 0 Å². The molecule has 1 aromatic rings. The number of fused-ring (bicyclic) bond motifs is 5. The van der Waals surface area contributed by atoms with E-state index in [0.717, 1.165) is 36.2 Å². The second-order valence-corrected chi connectivity index (χ2v) is 10.8. The second-order valence-electron chi connectivity index (χ2n) is 10.8. The molecule has 7 atom stereocenters. The Kier molecular flexibility index (Phi) is 4.50.